The Hall–Kier alpha value is -3.65. The van der Waals surface area contributed by atoms with Gasteiger partial charge in [-0.05, 0) is 62.9 Å². The third-order valence-corrected chi connectivity index (χ3v) is 8.96. The lowest BCUT2D eigenvalue weighted by atomic mass is 10.0. The Morgan fingerprint density at radius 3 is 2.65 bits per heavy atom. The Morgan fingerprint density at radius 1 is 1.07 bits per heavy atom. The Balaban J connectivity index is 1.34. The fraction of sp³-hybridized carbons (Fsp3) is 0.469. The predicted octanol–water partition coefficient (Wildman–Crippen LogP) is 4.54. The number of fused-ring (bicyclic) bond motifs is 2. The van der Waals surface area contributed by atoms with Crippen molar-refractivity contribution in [2.75, 3.05) is 49.6 Å². The molecule has 40 heavy (non-hydrogen) atoms. The van der Waals surface area contributed by atoms with Crippen LogP contribution in [-0.4, -0.2) is 77.6 Å². The number of likely N-dealkylation sites (tertiary alicyclic amines) is 1. The first kappa shape index (κ1) is 26.6. The SMILES string of the molecule is C=CC(=O)N1CCN(c2nc(OC[C@@H]3CCCN3C)nc3c2CN(c2cccc4cccc(C)c24)C3)C[C@@H]1CC. The number of ether oxygens (including phenoxy) is 1. The molecule has 2 aromatic carbocycles. The molecule has 2 saturated heterocycles. The maximum absolute atomic E-state index is 12.5. The van der Waals surface area contributed by atoms with E-state index in [1.54, 1.807) is 0 Å². The average Bonchev–Trinajstić information content (AvgIpc) is 3.60. The lowest BCUT2D eigenvalue weighted by Crippen LogP contribution is -2.55. The highest BCUT2D eigenvalue weighted by Gasteiger charge is 2.34. The summed E-state index contributed by atoms with van der Waals surface area (Å²) < 4.78 is 6.29. The largest absolute Gasteiger partial charge is 0.462 e. The summed E-state index contributed by atoms with van der Waals surface area (Å²) in [5, 5.41) is 2.54. The van der Waals surface area contributed by atoms with Crippen molar-refractivity contribution in [1.82, 2.24) is 19.8 Å². The Kier molecular flexibility index (Phi) is 7.36. The lowest BCUT2D eigenvalue weighted by molar-refractivity contribution is -0.128. The third kappa shape index (κ3) is 4.89. The van der Waals surface area contributed by atoms with Gasteiger partial charge in [0.05, 0.1) is 12.2 Å². The molecule has 0 spiro atoms. The second kappa shape index (κ2) is 11.1. The molecule has 210 valence electrons. The molecule has 8 heteroatoms. The molecule has 1 amide bonds. The van der Waals surface area contributed by atoms with Crippen LogP contribution >= 0.6 is 0 Å². The van der Waals surface area contributed by atoms with Gasteiger partial charge in [-0.25, -0.2) is 0 Å². The fourth-order valence-corrected chi connectivity index (χ4v) is 6.65. The predicted molar refractivity (Wildman–Crippen MR) is 160 cm³/mol. The van der Waals surface area contributed by atoms with Crippen LogP contribution in [0.3, 0.4) is 0 Å². The van der Waals surface area contributed by atoms with Crippen molar-refractivity contribution in [2.24, 2.45) is 0 Å². The highest BCUT2D eigenvalue weighted by molar-refractivity contribution is 5.97. The van der Waals surface area contributed by atoms with Gasteiger partial charge in [0.1, 0.15) is 12.4 Å². The molecular formula is C32H40N6O2. The van der Waals surface area contributed by atoms with E-state index < -0.39 is 0 Å². The van der Waals surface area contributed by atoms with Gasteiger partial charge in [-0.15, -0.1) is 0 Å². The Labute approximate surface area is 237 Å². The molecule has 0 aliphatic carbocycles. The maximum Gasteiger partial charge on any atom is 0.318 e. The monoisotopic (exact) mass is 540 g/mol. The number of anilines is 2. The average molecular weight is 541 g/mol. The molecule has 6 rings (SSSR count). The van der Waals surface area contributed by atoms with Crippen LogP contribution < -0.4 is 14.5 Å². The summed E-state index contributed by atoms with van der Waals surface area (Å²) >= 11 is 0. The number of hydrogen-bond acceptors (Lipinski definition) is 7. The zero-order valence-corrected chi connectivity index (χ0v) is 24.0. The molecule has 0 bridgehead atoms. The summed E-state index contributed by atoms with van der Waals surface area (Å²) in [7, 11) is 2.16. The van der Waals surface area contributed by atoms with E-state index in [1.807, 2.05) is 4.90 Å². The minimum absolute atomic E-state index is 0.00150. The zero-order valence-electron chi connectivity index (χ0n) is 24.0. The number of rotatable bonds is 7. The number of amides is 1. The first-order valence-electron chi connectivity index (χ1n) is 14.6. The van der Waals surface area contributed by atoms with Crippen LogP contribution in [-0.2, 0) is 17.9 Å². The highest BCUT2D eigenvalue weighted by Crippen LogP contribution is 2.38. The number of carbonyl (C=O) groups is 1. The van der Waals surface area contributed by atoms with Crippen LogP contribution in [0.1, 0.15) is 43.0 Å². The van der Waals surface area contributed by atoms with Gasteiger partial charge < -0.3 is 24.3 Å². The second-order valence-corrected chi connectivity index (χ2v) is 11.4. The van der Waals surface area contributed by atoms with Crippen molar-refractivity contribution < 1.29 is 9.53 Å². The molecule has 0 saturated carbocycles. The molecule has 8 nitrogen and oxygen atoms in total. The molecule has 4 heterocycles. The smallest absolute Gasteiger partial charge is 0.318 e. The summed E-state index contributed by atoms with van der Waals surface area (Å²) in [6.07, 6.45) is 4.64. The van der Waals surface area contributed by atoms with E-state index >= 15 is 0 Å². The maximum atomic E-state index is 12.5. The summed E-state index contributed by atoms with van der Waals surface area (Å²) in [5.41, 5.74) is 4.69. The second-order valence-electron chi connectivity index (χ2n) is 11.4. The van der Waals surface area contributed by atoms with Crippen LogP contribution in [0, 0.1) is 6.92 Å². The van der Waals surface area contributed by atoms with E-state index in [2.05, 4.69) is 78.6 Å². The molecule has 1 aromatic heterocycles. The van der Waals surface area contributed by atoms with Crippen molar-refractivity contribution in [2.45, 2.75) is 58.3 Å². The van der Waals surface area contributed by atoms with Crippen LogP contribution in [0.5, 0.6) is 6.01 Å². The summed E-state index contributed by atoms with van der Waals surface area (Å²) in [4.78, 5) is 31.6. The Morgan fingerprint density at radius 2 is 1.90 bits per heavy atom. The number of carbonyl (C=O) groups excluding carboxylic acids is 1. The van der Waals surface area contributed by atoms with E-state index in [4.69, 9.17) is 14.7 Å². The van der Waals surface area contributed by atoms with Gasteiger partial charge in [0.15, 0.2) is 0 Å². The number of piperazine rings is 1. The van der Waals surface area contributed by atoms with Gasteiger partial charge in [-0.3, -0.25) is 4.79 Å². The van der Waals surface area contributed by atoms with Gasteiger partial charge in [-0.1, -0.05) is 43.8 Å². The topological polar surface area (TPSA) is 65.0 Å². The standard InChI is InChI=1S/C32H40N6O2/c1-5-24-18-36(16-17-38(24)29(39)6-2)31-26-19-37(28-14-8-12-23-11-7-10-22(3)30(23)28)20-27(26)33-32(34-31)40-21-25-13-9-15-35(25)4/h6-8,10-12,14,24-25H,2,5,9,13,15-21H2,1,3-4H3/t24-,25-/m0/s1. The normalized spacial score (nSPS) is 21.2. The molecule has 0 radical (unpaired) electrons. The summed E-state index contributed by atoms with van der Waals surface area (Å²) in [6, 6.07) is 14.0. The number of hydrogen-bond donors (Lipinski definition) is 0. The minimum Gasteiger partial charge on any atom is -0.462 e. The zero-order chi connectivity index (χ0) is 27.8. The van der Waals surface area contributed by atoms with Crippen molar-refractivity contribution in [3.05, 3.63) is 65.9 Å². The molecule has 0 unspecified atom stereocenters. The molecular weight excluding hydrogens is 500 g/mol. The number of nitrogens with zero attached hydrogens (tertiary/aromatic N) is 6. The van der Waals surface area contributed by atoms with Crippen molar-refractivity contribution in [3.63, 3.8) is 0 Å². The molecule has 0 N–H and O–H groups in total. The van der Waals surface area contributed by atoms with E-state index in [9.17, 15) is 4.79 Å². The lowest BCUT2D eigenvalue weighted by Gasteiger charge is -2.41. The first-order valence-corrected chi connectivity index (χ1v) is 14.6. The highest BCUT2D eigenvalue weighted by atomic mass is 16.5. The number of benzene rings is 2. The molecule has 2 fully saturated rings. The van der Waals surface area contributed by atoms with Crippen molar-refractivity contribution in [1.29, 1.82) is 0 Å². The van der Waals surface area contributed by atoms with Crippen LogP contribution in [0.25, 0.3) is 10.8 Å². The van der Waals surface area contributed by atoms with Crippen LogP contribution in [0.4, 0.5) is 11.5 Å². The number of aromatic nitrogens is 2. The van der Waals surface area contributed by atoms with Gasteiger partial charge in [-0.2, -0.15) is 9.97 Å². The van der Waals surface area contributed by atoms with E-state index in [1.165, 1.54) is 34.5 Å². The van der Waals surface area contributed by atoms with Gasteiger partial charge >= 0.3 is 6.01 Å². The van der Waals surface area contributed by atoms with E-state index in [-0.39, 0.29) is 11.9 Å². The third-order valence-electron chi connectivity index (χ3n) is 8.96. The van der Waals surface area contributed by atoms with E-state index in [0.29, 0.717) is 31.7 Å². The molecule has 3 aliphatic heterocycles. The first-order chi connectivity index (χ1) is 19.5. The van der Waals surface area contributed by atoms with Gasteiger partial charge in [0.2, 0.25) is 5.91 Å². The minimum atomic E-state index is 0.00150. The summed E-state index contributed by atoms with van der Waals surface area (Å²) in [5.74, 6) is 0.949. The Bertz CT molecular complexity index is 1420. The van der Waals surface area contributed by atoms with Crippen LogP contribution in [0.15, 0.2) is 49.1 Å². The molecule has 3 aliphatic rings. The van der Waals surface area contributed by atoms with Crippen molar-refractivity contribution >= 4 is 28.2 Å². The summed E-state index contributed by atoms with van der Waals surface area (Å²) in [6.45, 7) is 13.3. The van der Waals surface area contributed by atoms with E-state index in [0.717, 1.165) is 56.1 Å². The quantitative estimate of drug-likeness (QED) is 0.408. The number of aryl methyl sites for hydroxylation is 1. The van der Waals surface area contributed by atoms with Gasteiger partial charge in [0.25, 0.3) is 0 Å². The van der Waals surface area contributed by atoms with Crippen LogP contribution in [0.2, 0.25) is 0 Å². The van der Waals surface area contributed by atoms with Crippen molar-refractivity contribution in [3.8, 4) is 6.01 Å². The van der Waals surface area contributed by atoms with Gasteiger partial charge in [0, 0.05) is 54.9 Å². The fourth-order valence-electron chi connectivity index (χ4n) is 6.65. The molecule has 3 aromatic rings. The molecule has 2 atom stereocenters. The number of likely N-dealkylation sites (N-methyl/N-ethyl adjacent to an activating group) is 1.